The minimum atomic E-state index is -0.464. The third-order valence-corrected chi connectivity index (χ3v) is 2.45. The predicted molar refractivity (Wildman–Crippen MR) is 71.9 cm³/mol. The Bertz CT molecular complexity index is 402. The van der Waals surface area contributed by atoms with Crippen molar-refractivity contribution >= 4 is 6.09 Å². The van der Waals surface area contributed by atoms with Gasteiger partial charge in [-0.05, 0) is 34.6 Å². The van der Waals surface area contributed by atoms with E-state index in [1.54, 1.807) is 0 Å². The second-order valence-electron chi connectivity index (χ2n) is 5.41. The van der Waals surface area contributed by atoms with Crippen LogP contribution in [0.25, 0.3) is 0 Å². The van der Waals surface area contributed by atoms with Gasteiger partial charge in [-0.15, -0.1) is 0 Å². The Hall–Kier alpha value is -1.56. The number of nitrogens with one attached hydrogen (secondary N) is 2. The van der Waals surface area contributed by atoms with Gasteiger partial charge in [0.15, 0.2) is 0 Å². The van der Waals surface area contributed by atoms with E-state index in [-0.39, 0.29) is 0 Å². The second kappa shape index (κ2) is 6.56. The van der Waals surface area contributed by atoms with Crippen molar-refractivity contribution < 1.29 is 14.1 Å². The summed E-state index contributed by atoms with van der Waals surface area (Å²) >= 11 is 0. The molecule has 1 aromatic rings. The van der Waals surface area contributed by atoms with E-state index in [1.807, 2.05) is 34.6 Å². The molecule has 0 aliphatic heterocycles. The SMILES string of the molecule is Cc1noc(C)c1CNCCNC(=O)OC(C)(C)C. The minimum Gasteiger partial charge on any atom is -0.444 e. The first-order chi connectivity index (χ1) is 8.79. The van der Waals surface area contributed by atoms with Crippen molar-refractivity contribution in [2.75, 3.05) is 13.1 Å². The Balaban J connectivity index is 2.17. The van der Waals surface area contributed by atoms with E-state index in [9.17, 15) is 4.79 Å². The first-order valence-corrected chi connectivity index (χ1v) is 6.39. The summed E-state index contributed by atoms with van der Waals surface area (Å²) in [5.41, 5.74) is 1.50. The molecule has 108 valence electrons. The van der Waals surface area contributed by atoms with Crippen LogP contribution in [0.1, 0.15) is 37.8 Å². The lowest BCUT2D eigenvalue weighted by molar-refractivity contribution is 0.0528. The van der Waals surface area contributed by atoms with Gasteiger partial charge < -0.3 is 19.9 Å². The van der Waals surface area contributed by atoms with Crippen LogP contribution >= 0.6 is 0 Å². The van der Waals surface area contributed by atoms with Gasteiger partial charge in [-0.2, -0.15) is 0 Å². The van der Waals surface area contributed by atoms with Crippen molar-refractivity contribution in [3.05, 3.63) is 17.0 Å². The molecular weight excluding hydrogens is 246 g/mol. The molecule has 0 bridgehead atoms. The largest absolute Gasteiger partial charge is 0.444 e. The lowest BCUT2D eigenvalue weighted by atomic mass is 10.2. The fraction of sp³-hybridized carbons (Fsp3) is 0.692. The number of nitrogens with zero attached hydrogens (tertiary/aromatic N) is 1. The number of hydrogen-bond acceptors (Lipinski definition) is 5. The highest BCUT2D eigenvalue weighted by Crippen LogP contribution is 2.11. The van der Waals surface area contributed by atoms with Gasteiger partial charge in [-0.25, -0.2) is 4.79 Å². The molecular formula is C13H23N3O3. The molecule has 0 aliphatic carbocycles. The molecule has 2 N–H and O–H groups in total. The Morgan fingerprint density at radius 2 is 2.00 bits per heavy atom. The Morgan fingerprint density at radius 3 is 2.53 bits per heavy atom. The highest BCUT2D eigenvalue weighted by Gasteiger charge is 2.15. The van der Waals surface area contributed by atoms with Crippen LogP contribution in [0.2, 0.25) is 0 Å². The highest BCUT2D eigenvalue weighted by atomic mass is 16.6. The fourth-order valence-corrected chi connectivity index (χ4v) is 1.53. The molecule has 0 saturated carbocycles. The number of hydrogen-bond donors (Lipinski definition) is 2. The summed E-state index contributed by atoms with van der Waals surface area (Å²) in [7, 11) is 0. The van der Waals surface area contributed by atoms with Gasteiger partial charge in [0.1, 0.15) is 11.4 Å². The number of carbonyl (C=O) groups excluding carboxylic acids is 1. The average Bonchev–Trinajstić information content (AvgIpc) is 2.57. The third-order valence-electron chi connectivity index (χ3n) is 2.45. The van der Waals surface area contributed by atoms with Gasteiger partial charge in [-0.1, -0.05) is 5.16 Å². The normalized spacial score (nSPS) is 11.4. The average molecular weight is 269 g/mol. The monoisotopic (exact) mass is 269 g/mol. The zero-order valence-electron chi connectivity index (χ0n) is 12.3. The van der Waals surface area contributed by atoms with E-state index >= 15 is 0 Å². The Kier molecular flexibility index (Phi) is 5.35. The molecule has 6 heteroatoms. The van der Waals surface area contributed by atoms with Gasteiger partial charge in [0.2, 0.25) is 0 Å². The summed E-state index contributed by atoms with van der Waals surface area (Å²) in [6.07, 6.45) is -0.397. The molecule has 6 nitrogen and oxygen atoms in total. The fourth-order valence-electron chi connectivity index (χ4n) is 1.53. The summed E-state index contributed by atoms with van der Waals surface area (Å²) < 4.78 is 10.2. The molecule has 1 amide bonds. The van der Waals surface area contributed by atoms with E-state index in [4.69, 9.17) is 9.26 Å². The van der Waals surface area contributed by atoms with Crippen LogP contribution in [0.3, 0.4) is 0 Å². The van der Waals surface area contributed by atoms with Crippen molar-refractivity contribution in [3.8, 4) is 0 Å². The molecule has 0 fully saturated rings. The lowest BCUT2D eigenvalue weighted by Gasteiger charge is -2.19. The molecule has 0 saturated heterocycles. The van der Waals surface area contributed by atoms with Gasteiger partial charge in [-0.3, -0.25) is 0 Å². The predicted octanol–water partition coefficient (Wildman–Crippen LogP) is 1.91. The van der Waals surface area contributed by atoms with Crippen molar-refractivity contribution in [1.82, 2.24) is 15.8 Å². The highest BCUT2D eigenvalue weighted by molar-refractivity contribution is 5.67. The van der Waals surface area contributed by atoms with Gasteiger partial charge >= 0.3 is 6.09 Å². The first kappa shape index (κ1) is 15.5. The Labute approximate surface area is 113 Å². The smallest absolute Gasteiger partial charge is 0.407 e. The number of alkyl carbamates (subject to hydrolysis) is 1. The van der Waals surface area contributed by atoms with Crippen LogP contribution in [0.5, 0.6) is 0 Å². The minimum absolute atomic E-state index is 0.397. The quantitative estimate of drug-likeness (QED) is 0.798. The van der Waals surface area contributed by atoms with E-state index in [2.05, 4.69) is 15.8 Å². The first-order valence-electron chi connectivity index (χ1n) is 6.39. The molecule has 1 rings (SSSR count). The Morgan fingerprint density at radius 1 is 1.32 bits per heavy atom. The zero-order chi connectivity index (χ0) is 14.5. The van der Waals surface area contributed by atoms with Crippen molar-refractivity contribution in [1.29, 1.82) is 0 Å². The molecule has 0 radical (unpaired) electrons. The number of carbonyl (C=O) groups is 1. The lowest BCUT2D eigenvalue weighted by Crippen LogP contribution is -2.36. The topological polar surface area (TPSA) is 76.4 Å². The van der Waals surface area contributed by atoms with Crippen molar-refractivity contribution in [2.45, 2.75) is 46.8 Å². The van der Waals surface area contributed by atoms with Crippen LogP contribution in [0.15, 0.2) is 4.52 Å². The summed E-state index contributed by atoms with van der Waals surface area (Å²) in [5.74, 6) is 0.824. The van der Waals surface area contributed by atoms with E-state index < -0.39 is 11.7 Å². The number of aryl methyl sites for hydroxylation is 2. The third kappa shape index (κ3) is 5.74. The molecule has 0 spiro atoms. The molecule has 0 unspecified atom stereocenters. The number of amides is 1. The van der Waals surface area contributed by atoms with Gasteiger partial charge in [0.05, 0.1) is 5.69 Å². The summed E-state index contributed by atoms with van der Waals surface area (Å²) in [5, 5.41) is 9.78. The zero-order valence-corrected chi connectivity index (χ0v) is 12.3. The molecule has 1 aromatic heterocycles. The van der Waals surface area contributed by atoms with Crippen molar-refractivity contribution in [3.63, 3.8) is 0 Å². The summed E-state index contributed by atoms with van der Waals surface area (Å²) in [4.78, 5) is 11.4. The number of aromatic nitrogens is 1. The van der Waals surface area contributed by atoms with E-state index in [1.165, 1.54) is 0 Å². The maximum atomic E-state index is 11.4. The molecule has 1 heterocycles. The molecule has 0 atom stereocenters. The van der Waals surface area contributed by atoms with E-state index in [0.717, 1.165) is 17.0 Å². The maximum Gasteiger partial charge on any atom is 0.407 e. The van der Waals surface area contributed by atoms with Crippen LogP contribution < -0.4 is 10.6 Å². The standard InChI is InChI=1S/C13H23N3O3/c1-9-11(10(2)19-16-9)8-14-6-7-15-12(17)18-13(3,4)5/h14H,6-8H2,1-5H3,(H,15,17). The van der Waals surface area contributed by atoms with Crippen LogP contribution in [0.4, 0.5) is 4.79 Å². The molecule has 0 aliphatic rings. The van der Waals surface area contributed by atoms with Gasteiger partial charge in [0.25, 0.3) is 0 Å². The molecule has 0 aromatic carbocycles. The van der Waals surface area contributed by atoms with Crippen LogP contribution in [0, 0.1) is 13.8 Å². The maximum absolute atomic E-state index is 11.4. The summed E-state index contributed by atoms with van der Waals surface area (Å²) in [6, 6.07) is 0. The van der Waals surface area contributed by atoms with Crippen LogP contribution in [-0.2, 0) is 11.3 Å². The van der Waals surface area contributed by atoms with Crippen LogP contribution in [-0.4, -0.2) is 29.9 Å². The number of ether oxygens (including phenoxy) is 1. The molecule has 19 heavy (non-hydrogen) atoms. The van der Waals surface area contributed by atoms with Gasteiger partial charge in [0, 0.05) is 25.2 Å². The number of rotatable bonds is 5. The van der Waals surface area contributed by atoms with Crippen molar-refractivity contribution in [2.24, 2.45) is 0 Å². The second-order valence-corrected chi connectivity index (χ2v) is 5.41. The summed E-state index contributed by atoms with van der Waals surface area (Å²) in [6.45, 7) is 11.1. The van der Waals surface area contributed by atoms with E-state index in [0.29, 0.717) is 19.6 Å².